The molecular formula is C30H34ClN7OS. The van der Waals surface area contributed by atoms with Gasteiger partial charge in [0.2, 0.25) is 0 Å². The molecule has 208 valence electrons. The Balaban J connectivity index is 1.32. The summed E-state index contributed by atoms with van der Waals surface area (Å²) in [5.74, 6) is 0.920. The molecule has 0 amide bonds. The van der Waals surface area contributed by atoms with Crippen LogP contribution in [0.3, 0.4) is 0 Å². The number of aromatic nitrogens is 2. The summed E-state index contributed by atoms with van der Waals surface area (Å²) in [6.07, 6.45) is 3.50. The van der Waals surface area contributed by atoms with Gasteiger partial charge in [-0.05, 0) is 50.4 Å². The molecule has 1 N–H and O–H groups in total. The highest BCUT2D eigenvalue weighted by atomic mass is 35.5. The second kappa shape index (κ2) is 11.8. The molecule has 2 aromatic carbocycles. The van der Waals surface area contributed by atoms with E-state index in [1.807, 2.05) is 12.1 Å². The third-order valence-electron chi connectivity index (χ3n) is 8.32. The third-order valence-corrected chi connectivity index (χ3v) is 9.03. The molecule has 4 heterocycles. The summed E-state index contributed by atoms with van der Waals surface area (Å²) in [4.78, 5) is 17.7. The number of piperazine rings is 1. The lowest BCUT2D eigenvalue weighted by Gasteiger charge is -2.37. The van der Waals surface area contributed by atoms with Gasteiger partial charge in [0, 0.05) is 59.8 Å². The van der Waals surface area contributed by atoms with Gasteiger partial charge >= 0.3 is 6.01 Å². The van der Waals surface area contributed by atoms with E-state index in [0.29, 0.717) is 25.6 Å². The minimum atomic E-state index is 0.108. The molecule has 6 rings (SSSR count). The number of likely N-dealkylation sites (tertiary alicyclic amines) is 1. The van der Waals surface area contributed by atoms with E-state index in [-0.39, 0.29) is 12.1 Å². The summed E-state index contributed by atoms with van der Waals surface area (Å²) in [6.45, 7) is 5.20. The predicted molar refractivity (Wildman–Crippen MR) is 164 cm³/mol. The van der Waals surface area contributed by atoms with E-state index < -0.39 is 0 Å². The normalized spacial score (nSPS) is 21.3. The molecule has 1 aromatic heterocycles. The number of thiocarbonyl (C=S) groups is 1. The van der Waals surface area contributed by atoms with Crippen molar-refractivity contribution in [3.8, 4) is 12.1 Å². The fourth-order valence-electron chi connectivity index (χ4n) is 6.27. The fraction of sp³-hybridized carbons (Fsp3) is 0.467. The van der Waals surface area contributed by atoms with Gasteiger partial charge in [0.1, 0.15) is 12.4 Å². The molecule has 10 heteroatoms. The molecule has 0 spiro atoms. The molecule has 0 saturated carbocycles. The van der Waals surface area contributed by atoms with Crippen molar-refractivity contribution in [3.63, 3.8) is 0 Å². The smallest absolute Gasteiger partial charge is 0.319 e. The van der Waals surface area contributed by atoms with Crippen LogP contribution in [0.15, 0.2) is 36.4 Å². The van der Waals surface area contributed by atoms with Gasteiger partial charge in [0.05, 0.1) is 29.8 Å². The Hall–Kier alpha value is -3.03. The number of ether oxygens (including phenoxy) is 1. The lowest BCUT2D eigenvalue weighted by Crippen LogP contribution is -2.51. The van der Waals surface area contributed by atoms with Crippen molar-refractivity contribution in [1.29, 1.82) is 5.26 Å². The highest BCUT2D eigenvalue weighted by Crippen LogP contribution is 2.37. The number of fused-ring (bicyclic) bond motifs is 2. The molecule has 40 heavy (non-hydrogen) atoms. The quantitative estimate of drug-likeness (QED) is 0.413. The molecule has 0 bridgehead atoms. The van der Waals surface area contributed by atoms with E-state index in [9.17, 15) is 5.26 Å². The Kier molecular flexibility index (Phi) is 8.03. The summed E-state index contributed by atoms with van der Waals surface area (Å²) in [7, 11) is 2.12. The van der Waals surface area contributed by atoms with E-state index in [4.69, 9.17) is 38.5 Å². The van der Waals surface area contributed by atoms with Crippen molar-refractivity contribution < 1.29 is 4.74 Å². The number of hydrogen-bond donors (Lipinski definition) is 1. The van der Waals surface area contributed by atoms with E-state index in [1.165, 1.54) is 0 Å². The Bertz CT molecular complexity index is 1450. The molecule has 2 saturated heterocycles. The number of nitrogens with zero attached hydrogens (tertiary/aromatic N) is 6. The highest BCUT2D eigenvalue weighted by Gasteiger charge is 2.30. The zero-order valence-corrected chi connectivity index (χ0v) is 24.3. The lowest BCUT2D eigenvalue weighted by molar-refractivity contribution is 0.322. The maximum absolute atomic E-state index is 9.29. The van der Waals surface area contributed by atoms with Gasteiger partial charge < -0.3 is 19.9 Å². The summed E-state index contributed by atoms with van der Waals surface area (Å²) in [5.41, 5.74) is 3.23. The number of hydrogen-bond acceptors (Lipinski definition) is 9. The average Bonchev–Trinajstić information content (AvgIpc) is 3.41. The number of halogens is 1. The van der Waals surface area contributed by atoms with Crippen LogP contribution in [-0.4, -0.2) is 78.2 Å². The summed E-state index contributed by atoms with van der Waals surface area (Å²) < 4.78 is 6.21. The molecule has 3 aliphatic heterocycles. The van der Waals surface area contributed by atoms with Crippen LogP contribution >= 0.6 is 23.8 Å². The molecule has 3 aromatic rings. The molecule has 2 fully saturated rings. The van der Waals surface area contributed by atoms with Crippen LogP contribution in [0.4, 0.5) is 11.5 Å². The van der Waals surface area contributed by atoms with Crippen LogP contribution < -0.4 is 19.9 Å². The van der Waals surface area contributed by atoms with Gasteiger partial charge in [-0.25, -0.2) is 0 Å². The molecule has 0 unspecified atom stereocenters. The first-order valence-corrected chi connectivity index (χ1v) is 14.8. The van der Waals surface area contributed by atoms with E-state index >= 15 is 0 Å². The monoisotopic (exact) mass is 575 g/mol. The topological polar surface area (TPSA) is 80.5 Å². The zero-order valence-electron chi connectivity index (χ0n) is 22.8. The van der Waals surface area contributed by atoms with Crippen LogP contribution in [0.25, 0.3) is 10.8 Å². The fourth-order valence-corrected chi connectivity index (χ4v) is 6.91. The van der Waals surface area contributed by atoms with Crippen molar-refractivity contribution >= 4 is 51.0 Å². The van der Waals surface area contributed by atoms with Gasteiger partial charge in [0.15, 0.2) is 0 Å². The first-order valence-electron chi connectivity index (χ1n) is 14.0. The molecule has 2 atom stereocenters. The maximum atomic E-state index is 9.29. The number of nitriles is 1. The average molecular weight is 576 g/mol. The van der Waals surface area contributed by atoms with Gasteiger partial charge in [-0.15, -0.1) is 0 Å². The zero-order chi connectivity index (χ0) is 27.6. The largest absolute Gasteiger partial charge is 0.458 e. The molecule has 0 radical (unpaired) electrons. The van der Waals surface area contributed by atoms with E-state index in [2.05, 4.69) is 57.4 Å². The number of rotatable bonds is 7. The van der Waals surface area contributed by atoms with Gasteiger partial charge in [0.25, 0.3) is 0 Å². The predicted octanol–water partition coefficient (Wildman–Crippen LogP) is 4.38. The summed E-state index contributed by atoms with van der Waals surface area (Å²) >= 11 is 12.4. The SMILES string of the molecule is CN1CCC[C@H]1C(=S)COc1nc2c(c(N3CCN[C@@H](CC#N)C3)n1)CCN(c1cccc3cccc(Cl)c13)C2. The number of anilines is 2. The standard InChI is InChI=1S/C30H34ClN7OS/c1-36-14-4-9-25(36)27(40)19-39-30-34-24-18-37(26-8-3-6-20-5-2-7-23(31)28(20)26)15-11-22(24)29(35-30)38-16-13-33-21(17-38)10-12-32/h2-3,5-8,21,25,33H,4,9-11,13-19H2,1H3/t21-,25-/m0/s1. The Morgan fingerprint density at radius 2 is 2.02 bits per heavy atom. The van der Waals surface area contributed by atoms with Gasteiger partial charge in [-0.2, -0.15) is 15.2 Å². The van der Waals surface area contributed by atoms with Crippen molar-refractivity contribution in [2.75, 3.05) is 56.2 Å². The van der Waals surface area contributed by atoms with Crippen LogP contribution in [0, 0.1) is 11.3 Å². The summed E-state index contributed by atoms with van der Waals surface area (Å²) in [5, 5.41) is 15.7. The van der Waals surface area contributed by atoms with Crippen LogP contribution in [0.5, 0.6) is 6.01 Å². The molecule has 3 aliphatic rings. The van der Waals surface area contributed by atoms with Crippen molar-refractivity contribution in [1.82, 2.24) is 20.2 Å². The highest BCUT2D eigenvalue weighted by molar-refractivity contribution is 7.80. The van der Waals surface area contributed by atoms with Crippen LogP contribution in [0.1, 0.15) is 30.5 Å². The van der Waals surface area contributed by atoms with Crippen LogP contribution in [0.2, 0.25) is 5.02 Å². The maximum Gasteiger partial charge on any atom is 0.319 e. The molecular weight excluding hydrogens is 542 g/mol. The first-order chi connectivity index (χ1) is 19.5. The third kappa shape index (κ3) is 5.46. The Morgan fingerprint density at radius 3 is 2.83 bits per heavy atom. The first kappa shape index (κ1) is 27.2. The molecule has 0 aliphatic carbocycles. The number of benzene rings is 2. The second-order valence-corrected chi connectivity index (χ2v) is 11.8. The second-order valence-electron chi connectivity index (χ2n) is 10.9. The van der Waals surface area contributed by atoms with Crippen molar-refractivity contribution in [2.24, 2.45) is 0 Å². The molecule has 8 nitrogen and oxygen atoms in total. The summed E-state index contributed by atoms with van der Waals surface area (Å²) in [6, 6.07) is 15.4. The minimum Gasteiger partial charge on any atom is -0.458 e. The van der Waals surface area contributed by atoms with Crippen molar-refractivity contribution in [2.45, 2.75) is 44.3 Å². The lowest BCUT2D eigenvalue weighted by atomic mass is 10.0. The van der Waals surface area contributed by atoms with Gasteiger partial charge in [-0.1, -0.05) is 48.1 Å². The Morgan fingerprint density at radius 1 is 1.18 bits per heavy atom. The van der Waals surface area contributed by atoms with E-state index in [1.54, 1.807) is 0 Å². The van der Waals surface area contributed by atoms with Crippen molar-refractivity contribution in [3.05, 3.63) is 52.7 Å². The van der Waals surface area contributed by atoms with E-state index in [0.717, 1.165) is 95.4 Å². The Labute approximate surface area is 245 Å². The van der Waals surface area contributed by atoms with Crippen LogP contribution in [-0.2, 0) is 13.0 Å². The van der Waals surface area contributed by atoms with Gasteiger partial charge in [-0.3, -0.25) is 4.90 Å². The number of nitrogens with one attached hydrogen (secondary N) is 1. The minimum absolute atomic E-state index is 0.108.